The maximum Gasteiger partial charge on any atom is 0.269 e. The minimum atomic E-state index is -0.516. The summed E-state index contributed by atoms with van der Waals surface area (Å²) >= 11 is 1.40. The Morgan fingerprint density at radius 2 is 1.52 bits per heavy atom. The van der Waals surface area contributed by atoms with Crippen LogP contribution in [0.5, 0.6) is 5.75 Å². The van der Waals surface area contributed by atoms with Crippen molar-refractivity contribution >= 4 is 40.6 Å². The van der Waals surface area contributed by atoms with Crippen LogP contribution in [0.3, 0.4) is 0 Å². The molecule has 0 radical (unpaired) electrons. The molecule has 2 amide bonds. The van der Waals surface area contributed by atoms with Gasteiger partial charge in [0.2, 0.25) is 5.91 Å². The molecule has 3 aromatic carbocycles. The third-order valence-electron chi connectivity index (χ3n) is 4.57. The van der Waals surface area contributed by atoms with Crippen LogP contribution in [0.1, 0.15) is 24.2 Å². The van der Waals surface area contributed by atoms with Crippen LogP contribution >= 0.6 is 11.8 Å². The first-order valence-corrected chi connectivity index (χ1v) is 11.1. The molecule has 0 saturated heterocycles. The number of rotatable bonds is 9. The summed E-state index contributed by atoms with van der Waals surface area (Å²) in [5.74, 6) is 0.256. The lowest BCUT2D eigenvalue weighted by atomic mass is 10.2. The van der Waals surface area contributed by atoms with E-state index in [2.05, 4.69) is 10.6 Å². The summed E-state index contributed by atoms with van der Waals surface area (Å²) in [6.45, 7) is 4.31. The molecule has 0 aliphatic rings. The Kier molecular flexibility index (Phi) is 8.04. The quantitative estimate of drug-likeness (QED) is 0.250. The zero-order chi connectivity index (χ0) is 23.8. The van der Waals surface area contributed by atoms with E-state index in [4.69, 9.17) is 4.74 Å². The first kappa shape index (κ1) is 23.8. The number of nitro groups is 1. The van der Waals surface area contributed by atoms with Crippen molar-refractivity contribution in [3.8, 4) is 5.75 Å². The van der Waals surface area contributed by atoms with E-state index in [1.165, 1.54) is 36.0 Å². The number of nitrogens with zero attached hydrogens (tertiary/aromatic N) is 1. The Hall–Kier alpha value is -3.85. The molecule has 0 aliphatic heterocycles. The number of nitro benzene ring substituents is 1. The smallest absolute Gasteiger partial charge is 0.269 e. The zero-order valence-electron chi connectivity index (χ0n) is 18.1. The minimum absolute atomic E-state index is 0.0754. The number of hydrogen-bond acceptors (Lipinski definition) is 6. The van der Waals surface area contributed by atoms with Crippen LogP contribution in [0.15, 0.2) is 77.7 Å². The lowest BCUT2D eigenvalue weighted by Gasteiger charge is -2.13. The molecule has 2 N–H and O–H groups in total. The van der Waals surface area contributed by atoms with Gasteiger partial charge < -0.3 is 15.4 Å². The molecule has 1 atom stereocenters. The number of non-ortho nitro benzene ring substituents is 1. The molecule has 0 aliphatic carbocycles. The highest BCUT2D eigenvalue weighted by atomic mass is 32.2. The standard InChI is InChI=1S/C24H23N3O5S/c1-3-32-21-12-6-18(7-13-21)25-23(28)16(2)33-22-14-8-19(9-15-22)26-24(29)17-4-10-20(11-5-17)27(30)31/h4-16H,3H2,1-2H3,(H,25,28)(H,26,29). The third kappa shape index (κ3) is 6.81. The van der Waals surface area contributed by atoms with Gasteiger partial charge in [0.05, 0.1) is 16.8 Å². The van der Waals surface area contributed by atoms with Gasteiger partial charge in [0.1, 0.15) is 5.75 Å². The van der Waals surface area contributed by atoms with Gasteiger partial charge in [-0.05, 0) is 74.5 Å². The summed E-state index contributed by atoms with van der Waals surface area (Å²) < 4.78 is 5.40. The maximum absolute atomic E-state index is 12.5. The lowest BCUT2D eigenvalue weighted by molar-refractivity contribution is -0.384. The number of amides is 2. The molecule has 1 unspecified atom stereocenters. The molecule has 3 aromatic rings. The van der Waals surface area contributed by atoms with Crippen LogP contribution < -0.4 is 15.4 Å². The number of carbonyl (C=O) groups excluding carboxylic acids is 2. The van der Waals surface area contributed by atoms with Crippen LogP contribution in [-0.2, 0) is 4.79 Å². The zero-order valence-corrected chi connectivity index (χ0v) is 18.9. The molecule has 0 heterocycles. The highest BCUT2D eigenvalue weighted by molar-refractivity contribution is 8.00. The molecule has 0 bridgehead atoms. The van der Waals surface area contributed by atoms with Crippen molar-refractivity contribution in [1.82, 2.24) is 0 Å². The number of thioether (sulfide) groups is 1. The average Bonchev–Trinajstić information content (AvgIpc) is 2.81. The molecular weight excluding hydrogens is 442 g/mol. The minimum Gasteiger partial charge on any atom is -0.494 e. The van der Waals surface area contributed by atoms with Gasteiger partial charge in [0.25, 0.3) is 11.6 Å². The van der Waals surface area contributed by atoms with Crippen molar-refractivity contribution in [3.05, 3.63) is 88.5 Å². The molecule has 8 nitrogen and oxygen atoms in total. The second-order valence-corrected chi connectivity index (χ2v) is 8.40. The monoisotopic (exact) mass is 465 g/mol. The predicted molar refractivity (Wildman–Crippen MR) is 129 cm³/mol. The maximum atomic E-state index is 12.5. The highest BCUT2D eigenvalue weighted by Gasteiger charge is 2.15. The molecule has 0 fully saturated rings. The summed E-state index contributed by atoms with van der Waals surface area (Å²) in [6.07, 6.45) is 0. The summed E-state index contributed by atoms with van der Waals surface area (Å²) in [6, 6.07) is 19.7. The number of benzene rings is 3. The molecule has 9 heteroatoms. The summed E-state index contributed by atoms with van der Waals surface area (Å²) in [7, 11) is 0. The van der Waals surface area contributed by atoms with Crippen molar-refractivity contribution in [2.45, 2.75) is 24.0 Å². The molecule has 0 aromatic heterocycles. The van der Waals surface area contributed by atoms with Crippen LogP contribution in [-0.4, -0.2) is 28.6 Å². The van der Waals surface area contributed by atoms with Crippen molar-refractivity contribution in [2.24, 2.45) is 0 Å². The van der Waals surface area contributed by atoms with E-state index in [0.29, 0.717) is 23.5 Å². The second kappa shape index (κ2) is 11.1. The van der Waals surface area contributed by atoms with Crippen molar-refractivity contribution < 1.29 is 19.2 Å². The summed E-state index contributed by atoms with van der Waals surface area (Å²) in [4.78, 5) is 35.9. The van der Waals surface area contributed by atoms with Crippen LogP contribution in [0.2, 0.25) is 0 Å². The van der Waals surface area contributed by atoms with Crippen molar-refractivity contribution in [3.63, 3.8) is 0 Å². The largest absolute Gasteiger partial charge is 0.494 e. The van der Waals surface area contributed by atoms with Crippen LogP contribution in [0, 0.1) is 10.1 Å². The Labute approximate surface area is 195 Å². The van der Waals surface area contributed by atoms with Crippen LogP contribution in [0.25, 0.3) is 0 Å². The van der Waals surface area contributed by atoms with E-state index in [9.17, 15) is 19.7 Å². The van der Waals surface area contributed by atoms with Gasteiger partial charge in [-0.1, -0.05) is 0 Å². The van der Waals surface area contributed by atoms with Gasteiger partial charge >= 0.3 is 0 Å². The van der Waals surface area contributed by atoms with E-state index in [1.807, 2.05) is 26.0 Å². The van der Waals surface area contributed by atoms with Gasteiger partial charge in [-0.2, -0.15) is 0 Å². The second-order valence-electron chi connectivity index (χ2n) is 6.99. The van der Waals surface area contributed by atoms with Crippen molar-refractivity contribution in [2.75, 3.05) is 17.2 Å². The fourth-order valence-electron chi connectivity index (χ4n) is 2.86. The van der Waals surface area contributed by atoms with Gasteiger partial charge in [-0.15, -0.1) is 11.8 Å². The first-order valence-electron chi connectivity index (χ1n) is 10.2. The molecule has 3 rings (SSSR count). The van der Waals surface area contributed by atoms with Gasteiger partial charge in [0.15, 0.2) is 0 Å². The first-order chi connectivity index (χ1) is 15.9. The van der Waals surface area contributed by atoms with E-state index in [1.54, 1.807) is 36.4 Å². The van der Waals surface area contributed by atoms with Gasteiger partial charge in [0, 0.05) is 34.0 Å². The number of ether oxygens (including phenoxy) is 1. The topological polar surface area (TPSA) is 111 Å². The Morgan fingerprint density at radius 3 is 2.09 bits per heavy atom. The highest BCUT2D eigenvalue weighted by Crippen LogP contribution is 2.26. The Bertz CT molecular complexity index is 1120. The Balaban J connectivity index is 1.53. The predicted octanol–water partition coefficient (Wildman–Crippen LogP) is 5.37. The van der Waals surface area contributed by atoms with Gasteiger partial charge in [-0.3, -0.25) is 19.7 Å². The number of carbonyl (C=O) groups is 2. The van der Waals surface area contributed by atoms with Crippen molar-refractivity contribution in [1.29, 1.82) is 0 Å². The van der Waals surface area contributed by atoms with E-state index >= 15 is 0 Å². The van der Waals surface area contributed by atoms with E-state index in [-0.39, 0.29) is 22.8 Å². The fourth-order valence-corrected chi connectivity index (χ4v) is 3.72. The number of anilines is 2. The molecule has 33 heavy (non-hydrogen) atoms. The van der Waals surface area contributed by atoms with E-state index < -0.39 is 4.92 Å². The summed E-state index contributed by atoms with van der Waals surface area (Å²) in [5, 5.41) is 16.0. The number of nitrogens with one attached hydrogen (secondary N) is 2. The van der Waals surface area contributed by atoms with Gasteiger partial charge in [-0.25, -0.2) is 0 Å². The van der Waals surface area contributed by atoms with E-state index in [0.717, 1.165) is 10.6 Å². The lowest BCUT2D eigenvalue weighted by Crippen LogP contribution is -2.22. The molecule has 0 spiro atoms. The normalized spacial score (nSPS) is 11.3. The average molecular weight is 466 g/mol. The fraction of sp³-hybridized carbons (Fsp3) is 0.167. The molecular formula is C24H23N3O5S. The number of hydrogen-bond donors (Lipinski definition) is 2. The SMILES string of the molecule is CCOc1ccc(NC(=O)C(C)Sc2ccc(NC(=O)c3ccc([N+](=O)[O-])cc3)cc2)cc1. The molecule has 170 valence electrons. The summed E-state index contributed by atoms with van der Waals surface area (Å²) in [5.41, 5.74) is 1.52. The molecule has 0 saturated carbocycles. The van der Waals surface area contributed by atoms with Crippen LogP contribution in [0.4, 0.5) is 17.1 Å². The third-order valence-corrected chi connectivity index (χ3v) is 5.68. The Morgan fingerprint density at radius 1 is 0.939 bits per heavy atom.